The van der Waals surface area contributed by atoms with Crippen molar-refractivity contribution in [2.24, 2.45) is 11.8 Å². The second-order valence-electron chi connectivity index (χ2n) is 5.46. The normalized spacial score (nSPS) is 28.7. The van der Waals surface area contributed by atoms with Gasteiger partial charge in [-0.3, -0.25) is 0 Å². The van der Waals surface area contributed by atoms with E-state index in [1.807, 2.05) is 0 Å². The number of hydrogen-bond donors (Lipinski definition) is 0. The number of hydrogen-bond acceptors (Lipinski definition) is 4. The summed E-state index contributed by atoms with van der Waals surface area (Å²) in [6.45, 7) is 3.18. The molecule has 0 amide bonds. The maximum atomic E-state index is 12.3. The lowest BCUT2D eigenvalue weighted by atomic mass is 10.0. The Hall–Kier alpha value is -0.880. The van der Waals surface area contributed by atoms with Gasteiger partial charge in [0, 0.05) is 19.2 Å². The summed E-state index contributed by atoms with van der Waals surface area (Å²) in [6, 6.07) is 1.69. The van der Waals surface area contributed by atoms with Crippen molar-refractivity contribution in [1.29, 1.82) is 0 Å². The number of sulfonamides is 1. The highest BCUT2D eigenvalue weighted by molar-refractivity contribution is 7.88. The molecule has 3 rings (SSSR count). The van der Waals surface area contributed by atoms with Crippen molar-refractivity contribution < 1.29 is 12.9 Å². The third-order valence-electron chi connectivity index (χ3n) is 4.09. The van der Waals surface area contributed by atoms with Gasteiger partial charge in [0.05, 0.1) is 5.69 Å². The predicted molar refractivity (Wildman–Crippen MR) is 66.3 cm³/mol. The molecule has 6 heteroatoms. The minimum Gasteiger partial charge on any atom is -0.360 e. The van der Waals surface area contributed by atoms with E-state index in [4.69, 9.17) is 4.52 Å². The minimum atomic E-state index is -3.24. The van der Waals surface area contributed by atoms with Crippen LogP contribution in [0.5, 0.6) is 0 Å². The maximum Gasteiger partial charge on any atom is 0.221 e. The minimum absolute atomic E-state index is 0.0622. The lowest BCUT2D eigenvalue weighted by molar-refractivity contribution is 0.383. The lowest BCUT2D eigenvalue weighted by Gasteiger charge is -2.15. The first kappa shape index (κ1) is 12.2. The first-order chi connectivity index (χ1) is 8.54. The van der Waals surface area contributed by atoms with E-state index in [0.29, 0.717) is 30.7 Å². The number of fused-ring (bicyclic) bond motifs is 1. The second kappa shape index (κ2) is 4.35. The summed E-state index contributed by atoms with van der Waals surface area (Å²) in [6.07, 6.45) is 3.61. The van der Waals surface area contributed by atoms with E-state index >= 15 is 0 Å². The van der Waals surface area contributed by atoms with E-state index in [2.05, 4.69) is 5.16 Å². The summed E-state index contributed by atoms with van der Waals surface area (Å²) in [7, 11) is -3.24. The first-order valence-corrected chi connectivity index (χ1v) is 8.05. The molecule has 5 nitrogen and oxygen atoms in total. The maximum absolute atomic E-state index is 12.3. The fourth-order valence-electron chi connectivity index (χ4n) is 3.17. The van der Waals surface area contributed by atoms with Gasteiger partial charge in [-0.05, 0) is 31.6 Å². The molecule has 2 atom stereocenters. The smallest absolute Gasteiger partial charge is 0.221 e. The van der Waals surface area contributed by atoms with Crippen molar-refractivity contribution in [3.63, 3.8) is 0 Å². The van der Waals surface area contributed by atoms with E-state index in [9.17, 15) is 8.42 Å². The molecule has 2 aliphatic rings. The summed E-state index contributed by atoms with van der Waals surface area (Å²) < 4.78 is 31.2. The second-order valence-corrected chi connectivity index (χ2v) is 7.43. The SMILES string of the molecule is Cc1cc(CS(=O)(=O)N2C[C@H]3CCC[C@H]3C2)on1. The zero-order valence-corrected chi connectivity index (χ0v) is 11.3. The molecule has 1 aromatic heterocycles. The van der Waals surface area contributed by atoms with Crippen LogP contribution in [0, 0.1) is 18.8 Å². The largest absolute Gasteiger partial charge is 0.360 e. The molecule has 2 fully saturated rings. The van der Waals surface area contributed by atoms with Crippen molar-refractivity contribution in [2.45, 2.75) is 31.9 Å². The van der Waals surface area contributed by atoms with Gasteiger partial charge in [-0.1, -0.05) is 11.6 Å². The van der Waals surface area contributed by atoms with Gasteiger partial charge < -0.3 is 4.52 Å². The van der Waals surface area contributed by atoms with Crippen LogP contribution in [-0.2, 0) is 15.8 Å². The highest BCUT2D eigenvalue weighted by atomic mass is 32.2. The van der Waals surface area contributed by atoms with E-state index in [1.54, 1.807) is 17.3 Å². The van der Waals surface area contributed by atoms with Gasteiger partial charge in [-0.15, -0.1) is 0 Å². The Balaban J connectivity index is 1.71. The molecule has 0 bridgehead atoms. The summed E-state index contributed by atoms with van der Waals surface area (Å²) in [5.74, 6) is 1.53. The molecular formula is C12H18N2O3S. The van der Waals surface area contributed by atoms with Crippen molar-refractivity contribution in [1.82, 2.24) is 9.46 Å². The van der Waals surface area contributed by atoms with E-state index < -0.39 is 10.0 Å². The number of nitrogens with zero attached hydrogens (tertiary/aromatic N) is 2. The van der Waals surface area contributed by atoms with Crippen LogP contribution in [0.25, 0.3) is 0 Å². The summed E-state index contributed by atoms with van der Waals surface area (Å²) >= 11 is 0. The third-order valence-corrected chi connectivity index (χ3v) is 5.82. The molecular weight excluding hydrogens is 252 g/mol. The monoisotopic (exact) mass is 270 g/mol. The number of aryl methyl sites for hydroxylation is 1. The number of aromatic nitrogens is 1. The van der Waals surface area contributed by atoms with Gasteiger partial charge in [0.2, 0.25) is 10.0 Å². The molecule has 0 unspecified atom stereocenters. The fraction of sp³-hybridized carbons (Fsp3) is 0.750. The Morgan fingerprint density at radius 3 is 2.61 bits per heavy atom. The summed E-state index contributed by atoms with van der Waals surface area (Å²) in [5, 5.41) is 3.73. The number of rotatable bonds is 3. The molecule has 1 aliphatic heterocycles. The summed E-state index contributed by atoms with van der Waals surface area (Å²) in [4.78, 5) is 0. The molecule has 0 aromatic carbocycles. The van der Waals surface area contributed by atoms with E-state index in [-0.39, 0.29) is 5.75 Å². The van der Waals surface area contributed by atoms with Gasteiger partial charge in [0.1, 0.15) is 5.75 Å². The Morgan fingerprint density at radius 2 is 2.06 bits per heavy atom. The first-order valence-electron chi connectivity index (χ1n) is 6.44. The van der Waals surface area contributed by atoms with Crippen molar-refractivity contribution in [3.05, 3.63) is 17.5 Å². The zero-order valence-electron chi connectivity index (χ0n) is 10.5. The van der Waals surface area contributed by atoms with E-state index in [1.165, 1.54) is 19.3 Å². The van der Waals surface area contributed by atoms with Gasteiger partial charge >= 0.3 is 0 Å². The van der Waals surface area contributed by atoms with Crippen molar-refractivity contribution in [2.75, 3.05) is 13.1 Å². The quantitative estimate of drug-likeness (QED) is 0.836. The lowest BCUT2D eigenvalue weighted by Crippen LogP contribution is -2.30. The van der Waals surface area contributed by atoms with Gasteiger partial charge in [-0.25, -0.2) is 12.7 Å². The predicted octanol–water partition coefficient (Wildman–Crippen LogP) is 1.54. The molecule has 18 heavy (non-hydrogen) atoms. The molecule has 1 aliphatic carbocycles. The van der Waals surface area contributed by atoms with Gasteiger partial charge in [-0.2, -0.15) is 0 Å². The van der Waals surface area contributed by atoms with Gasteiger partial charge in [0.15, 0.2) is 5.76 Å². The standard InChI is InChI=1S/C12H18N2O3S/c1-9-5-12(17-13-9)8-18(15,16)14-6-10-3-2-4-11(10)7-14/h5,10-11H,2-4,6-8H2,1H3/t10-,11+. The highest BCUT2D eigenvalue weighted by Crippen LogP contribution is 2.39. The average Bonchev–Trinajstić information content (AvgIpc) is 2.91. The molecule has 2 heterocycles. The zero-order chi connectivity index (χ0) is 12.8. The third kappa shape index (κ3) is 2.19. The molecule has 1 saturated carbocycles. The van der Waals surface area contributed by atoms with Crippen molar-refractivity contribution in [3.8, 4) is 0 Å². The molecule has 0 radical (unpaired) electrons. The molecule has 0 N–H and O–H groups in total. The van der Waals surface area contributed by atoms with Crippen LogP contribution in [0.3, 0.4) is 0 Å². The van der Waals surface area contributed by atoms with Crippen LogP contribution in [0.2, 0.25) is 0 Å². The van der Waals surface area contributed by atoms with Crippen molar-refractivity contribution >= 4 is 10.0 Å². The molecule has 100 valence electrons. The Bertz CT molecular complexity index is 525. The van der Waals surface area contributed by atoms with Crippen LogP contribution in [-0.4, -0.2) is 31.0 Å². The average molecular weight is 270 g/mol. The topological polar surface area (TPSA) is 63.4 Å². The van der Waals surface area contributed by atoms with E-state index in [0.717, 1.165) is 5.69 Å². The highest BCUT2D eigenvalue weighted by Gasteiger charge is 2.41. The van der Waals surface area contributed by atoms with Crippen LogP contribution < -0.4 is 0 Å². The molecule has 1 saturated heterocycles. The molecule has 0 spiro atoms. The Kier molecular flexibility index (Phi) is 2.94. The van der Waals surface area contributed by atoms with Crippen LogP contribution in [0.1, 0.15) is 30.7 Å². The van der Waals surface area contributed by atoms with Crippen LogP contribution >= 0.6 is 0 Å². The summed E-state index contributed by atoms with van der Waals surface area (Å²) in [5.41, 5.74) is 0.721. The Labute approximate surface area is 107 Å². The molecule has 1 aromatic rings. The Morgan fingerprint density at radius 1 is 1.39 bits per heavy atom. The van der Waals surface area contributed by atoms with Gasteiger partial charge in [0.25, 0.3) is 0 Å². The van der Waals surface area contributed by atoms with Crippen LogP contribution in [0.4, 0.5) is 0 Å². The fourth-order valence-corrected chi connectivity index (χ4v) is 4.69. The van der Waals surface area contributed by atoms with Crippen LogP contribution in [0.15, 0.2) is 10.6 Å².